The third-order valence-corrected chi connectivity index (χ3v) is 6.23. The lowest BCUT2D eigenvalue weighted by molar-refractivity contribution is -0.614. The summed E-state index contributed by atoms with van der Waals surface area (Å²) in [6.45, 7) is 2.65. The molecule has 1 atom stereocenters. The van der Waals surface area contributed by atoms with Crippen molar-refractivity contribution < 1.29 is 14.6 Å². The lowest BCUT2D eigenvalue weighted by Gasteiger charge is -2.13. The molecule has 1 aliphatic rings. The molecule has 1 aliphatic heterocycles. The van der Waals surface area contributed by atoms with Crippen LogP contribution < -0.4 is 15.8 Å². The molecule has 35 heavy (non-hydrogen) atoms. The topological polar surface area (TPSA) is 133 Å². The Labute approximate surface area is 205 Å². The van der Waals surface area contributed by atoms with Gasteiger partial charge in [0.2, 0.25) is 0 Å². The lowest BCUT2D eigenvalue weighted by Crippen LogP contribution is -2.88. The fourth-order valence-corrected chi connectivity index (χ4v) is 4.31. The van der Waals surface area contributed by atoms with Gasteiger partial charge in [-0.15, -0.1) is 0 Å². The van der Waals surface area contributed by atoms with E-state index in [1.807, 2.05) is 82.3 Å². The smallest absolute Gasteiger partial charge is 0.261 e. The highest BCUT2D eigenvalue weighted by Crippen LogP contribution is 2.28. The Kier molecular flexibility index (Phi) is 7.47. The predicted molar refractivity (Wildman–Crippen MR) is 135 cm³/mol. The van der Waals surface area contributed by atoms with Gasteiger partial charge >= 0.3 is 0 Å². The quantitative estimate of drug-likeness (QED) is 0.182. The summed E-state index contributed by atoms with van der Waals surface area (Å²) < 4.78 is 9.42. The summed E-state index contributed by atoms with van der Waals surface area (Å²) in [6, 6.07) is 15.3. The number of hydrogen-bond donors (Lipinski definition) is 4. The summed E-state index contributed by atoms with van der Waals surface area (Å²) >= 11 is 0. The van der Waals surface area contributed by atoms with Crippen molar-refractivity contribution in [2.45, 2.75) is 32.2 Å². The van der Waals surface area contributed by atoms with E-state index in [0.717, 1.165) is 48.3 Å². The van der Waals surface area contributed by atoms with Crippen LogP contribution in [0.3, 0.4) is 0 Å². The first-order valence-electron chi connectivity index (χ1n) is 11.7. The Bertz CT molecular complexity index is 1280. The number of hydrogen-bond acceptors (Lipinski definition) is 6. The van der Waals surface area contributed by atoms with Crippen LogP contribution >= 0.6 is 0 Å². The molecule has 0 bridgehead atoms. The van der Waals surface area contributed by atoms with Gasteiger partial charge in [0.1, 0.15) is 17.6 Å². The summed E-state index contributed by atoms with van der Waals surface area (Å²) in [5.74, 6) is 1.73. The second-order valence-corrected chi connectivity index (χ2v) is 8.56. The molecular formula is C26H32N8O+2. The lowest BCUT2D eigenvalue weighted by atomic mass is 10.1. The van der Waals surface area contributed by atoms with E-state index in [1.165, 1.54) is 0 Å². The van der Waals surface area contributed by atoms with Gasteiger partial charge in [0.25, 0.3) is 11.7 Å². The Morgan fingerprint density at radius 3 is 2.71 bits per heavy atom. The molecule has 0 aliphatic carbocycles. The predicted octanol–water partition coefficient (Wildman–Crippen LogP) is 3.03. The fourth-order valence-electron chi connectivity index (χ4n) is 4.31. The molecule has 0 saturated carbocycles. The number of ether oxygens (including phenoxy) is 1. The first-order valence-corrected chi connectivity index (χ1v) is 11.7. The third kappa shape index (κ3) is 5.36. The minimum absolute atomic E-state index is 0.0478. The van der Waals surface area contributed by atoms with Crippen LogP contribution in [0.4, 0.5) is 0 Å². The largest absolute Gasteiger partial charge is 0.495 e. The minimum Gasteiger partial charge on any atom is -0.495 e. The van der Waals surface area contributed by atoms with Gasteiger partial charge < -0.3 is 20.4 Å². The highest BCUT2D eigenvalue weighted by atomic mass is 16.5. The summed E-state index contributed by atoms with van der Waals surface area (Å²) in [5.41, 5.74) is 18.3. The molecule has 180 valence electrons. The molecule has 0 amide bonds. The third-order valence-electron chi connectivity index (χ3n) is 6.23. The van der Waals surface area contributed by atoms with E-state index < -0.39 is 0 Å². The number of quaternary nitrogens is 1. The second kappa shape index (κ2) is 10.9. The van der Waals surface area contributed by atoms with Gasteiger partial charge in [-0.1, -0.05) is 24.3 Å². The molecule has 0 radical (unpaired) electrons. The number of aryl methyl sites for hydroxylation is 1. The first kappa shape index (κ1) is 24.0. The van der Waals surface area contributed by atoms with Crippen LogP contribution in [-0.2, 0) is 0 Å². The number of nitrogens with two attached hydrogens (primary N) is 2. The van der Waals surface area contributed by atoms with Gasteiger partial charge in [0.05, 0.1) is 36.9 Å². The van der Waals surface area contributed by atoms with Crippen LogP contribution in [0.2, 0.25) is 0 Å². The Morgan fingerprint density at radius 1 is 1.23 bits per heavy atom. The van der Waals surface area contributed by atoms with E-state index in [2.05, 4.69) is 10.1 Å². The minimum atomic E-state index is -0.0478. The van der Waals surface area contributed by atoms with Crippen molar-refractivity contribution in [1.29, 1.82) is 10.9 Å². The number of methoxy groups -OCH3 is 1. The molecule has 6 N–H and O–H groups in total. The molecular weight excluding hydrogens is 440 g/mol. The number of aromatic nitrogens is 2. The zero-order valence-corrected chi connectivity index (χ0v) is 20.1. The van der Waals surface area contributed by atoms with Crippen LogP contribution in [0.1, 0.15) is 36.1 Å². The highest BCUT2D eigenvalue weighted by Gasteiger charge is 2.28. The van der Waals surface area contributed by atoms with Crippen LogP contribution in [0, 0.1) is 17.9 Å². The number of nitrogens with zero attached hydrogens (tertiary/aromatic N) is 4. The Morgan fingerprint density at radius 2 is 2.03 bits per heavy atom. The number of benzene rings is 2. The zero-order valence-electron chi connectivity index (χ0n) is 20.1. The molecule has 0 spiro atoms. The van der Waals surface area contributed by atoms with Gasteiger partial charge in [-0.25, -0.2) is 15.1 Å². The van der Waals surface area contributed by atoms with Gasteiger partial charge in [0, 0.05) is 18.2 Å². The van der Waals surface area contributed by atoms with Crippen LogP contribution in [0.5, 0.6) is 5.75 Å². The van der Waals surface area contributed by atoms with Crippen molar-refractivity contribution >= 4 is 17.4 Å². The SMILES string of the molecule is COc1cc(/C(=C/[NH2+]C2CCCC[N+](C(=N)c3ccccc3)=C2N)N=N)ccc1-n1cnc(C)c1. The van der Waals surface area contributed by atoms with E-state index in [1.54, 1.807) is 13.4 Å². The number of nitrogens with one attached hydrogen (secondary N) is 2. The average Bonchev–Trinajstić information content (AvgIpc) is 3.24. The standard InChI is InChI=1S/C26H30N8O/c1-18-16-33(17-31-18)23-12-11-20(14-24(23)35-2)22(32-29)15-30-21-10-6-7-13-34(26(21)28)25(27)19-8-4-3-5-9-19/h3-5,8-9,11-12,14-17,21,27-28H,6-7,10,13H2,1-2H3,(H2,29,30)/p+2. The summed E-state index contributed by atoms with van der Waals surface area (Å²) in [6.07, 6.45) is 8.38. The van der Waals surface area contributed by atoms with Crippen molar-refractivity contribution in [2.75, 3.05) is 13.7 Å². The summed E-state index contributed by atoms with van der Waals surface area (Å²) in [7, 11) is 1.62. The molecule has 1 unspecified atom stereocenters. The van der Waals surface area contributed by atoms with Crippen molar-refractivity contribution in [1.82, 2.24) is 9.55 Å². The molecule has 9 heteroatoms. The second-order valence-electron chi connectivity index (χ2n) is 8.56. The maximum Gasteiger partial charge on any atom is 0.261 e. The van der Waals surface area contributed by atoms with E-state index in [-0.39, 0.29) is 6.04 Å². The normalized spacial score (nSPS) is 16.6. The Balaban J connectivity index is 1.59. The van der Waals surface area contributed by atoms with Gasteiger partial charge in [0.15, 0.2) is 6.04 Å². The van der Waals surface area contributed by atoms with Gasteiger partial charge in [-0.05, 0) is 44.0 Å². The van der Waals surface area contributed by atoms with Crippen LogP contribution in [-0.4, -0.2) is 45.5 Å². The molecule has 0 saturated heterocycles. The van der Waals surface area contributed by atoms with Crippen LogP contribution in [0.15, 0.2) is 72.4 Å². The summed E-state index contributed by atoms with van der Waals surface area (Å²) in [5, 5.41) is 14.5. The van der Waals surface area contributed by atoms with Gasteiger partial charge in [-0.3, -0.25) is 0 Å². The van der Waals surface area contributed by atoms with Crippen molar-refractivity contribution in [3.05, 3.63) is 84.1 Å². The number of imidazole rings is 1. The average molecular weight is 473 g/mol. The van der Waals surface area contributed by atoms with Crippen molar-refractivity contribution in [2.24, 2.45) is 10.8 Å². The molecule has 2 heterocycles. The zero-order chi connectivity index (χ0) is 24.8. The Hall–Kier alpha value is -4.11. The fraction of sp³-hybridized carbons (Fsp3) is 0.269. The molecule has 0 fully saturated rings. The monoisotopic (exact) mass is 472 g/mol. The number of rotatable bonds is 7. The van der Waals surface area contributed by atoms with Gasteiger partial charge in [-0.2, -0.15) is 10.5 Å². The molecule has 2 aromatic carbocycles. The first-order chi connectivity index (χ1) is 17.0. The maximum atomic E-state index is 8.69. The number of amidine groups is 2. The van der Waals surface area contributed by atoms with Crippen molar-refractivity contribution in [3.63, 3.8) is 0 Å². The van der Waals surface area contributed by atoms with E-state index in [0.29, 0.717) is 23.1 Å². The van der Waals surface area contributed by atoms with E-state index in [4.69, 9.17) is 21.4 Å². The molecule has 3 aromatic rings. The highest BCUT2D eigenvalue weighted by molar-refractivity contribution is 5.95. The molecule has 9 nitrogen and oxygen atoms in total. The van der Waals surface area contributed by atoms with Crippen molar-refractivity contribution in [3.8, 4) is 11.4 Å². The molecule has 4 rings (SSSR count). The summed E-state index contributed by atoms with van der Waals surface area (Å²) in [4.78, 5) is 4.29. The molecule has 1 aromatic heterocycles. The van der Waals surface area contributed by atoms with Crippen LogP contribution in [0.25, 0.3) is 11.4 Å². The maximum absolute atomic E-state index is 8.69. The van der Waals surface area contributed by atoms with E-state index in [9.17, 15) is 0 Å². The van der Waals surface area contributed by atoms with E-state index >= 15 is 0 Å².